The molecular weight excluding hydrogens is 268 g/mol. The van der Waals surface area contributed by atoms with Crippen molar-refractivity contribution in [2.45, 2.75) is 25.8 Å². The van der Waals surface area contributed by atoms with Gasteiger partial charge in [-0.3, -0.25) is 10.1 Å². The summed E-state index contributed by atoms with van der Waals surface area (Å²) in [5, 5.41) is 14.0. The minimum Gasteiger partial charge on any atom is -0.382 e. The third-order valence-corrected chi connectivity index (χ3v) is 5.03. The first-order valence-corrected chi connectivity index (χ1v) is 7.91. The van der Waals surface area contributed by atoms with Gasteiger partial charge in [0.2, 0.25) is 0 Å². The van der Waals surface area contributed by atoms with E-state index in [1.807, 2.05) is 0 Å². The molecule has 1 aromatic rings. The summed E-state index contributed by atoms with van der Waals surface area (Å²) in [6, 6.07) is 4.97. The average Bonchev–Trinajstić information content (AvgIpc) is 2.31. The van der Waals surface area contributed by atoms with Gasteiger partial charge in [-0.1, -0.05) is 0 Å². The zero-order valence-electron chi connectivity index (χ0n) is 10.6. The third-order valence-electron chi connectivity index (χ3n) is 3.32. The Morgan fingerprint density at radius 1 is 1.32 bits per heavy atom. The normalized spacial score (nSPS) is 19.0. The van der Waals surface area contributed by atoms with Crippen molar-refractivity contribution in [2.75, 3.05) is 16.8 Å². The van der Waals surface area contributed by atoms with E-state index in [-0.39, 0.29) is 23.2 Å². The van der Waals surface area contributed by atoms with Crippen LogP contribution in [0.15, 0.2) is 18.2 Å². The quantitative estimate of drug-likeness (QED) is 0.676. The number of nitro groups is 1. The lowest BCUT2D eigenvalue weighted by atomic mass is 10.1. The molecule has 19 heavy (non-hydrogen) atoms. The summed E-state index contributed by atoms with van der Waals surface area (Å²) < 4.78 is 22.6. The van der Waals surface area contributed by atoms with E-state index in [2.05, 4.69) is 5.32 Å². The molecule has 1 N–H and O–H groups in total. The van der Waals surface area contributed by atoms with E-state index in [4.69, 9.17) is 0 Å². The molecule has 0 atom stereocenters. The van der Waals surface area contributed by atoms with Gasteiger partial charge in [0.1, 0.15) is 9.84 Å². The predicted octanol–water partition coefficient (Wildman–Crippen LogP) is 1.89. The molecule has 0 spiro atoms. The van der Waals surface area contributed by atoms with Crippen LogP contribution in [0, 0.1) is 17.0 Å². The Labute approximate surface area is 111 Å². The fourth-order valence-electron chi connectivity index (χ4n) is 2.22. The maximum atomic E-state index is 11.3. The van der Waals surface area contributed by atoms with Crippen LogP contribution in [-0.4, -0.2) is 30.9 Å². The van der Waals surface area contributed by atoms with Gasteiger partial charge in [0, 0.05) is 23.4 Å². The SMILES string of the molecule is Cc1cc(NC2CCS(=O)(=O)CC2)ccc1[N+](=O)[O-]. The fraction of sp³-hybridized carbons (Fsp3) is 0.500. The molecule has 0 unspecified atom stereocenters. The Morgan fingerprint density at radius 3 is 2.47 bits per heavy atom. The second-order valence-corrected chi connectivity index (χ2v) is 7.13. The standard InChI is InChI=1S/C12H16N2O4S/c1-9-8-11(2-3-12(9)14(15)16)13-10-4-6-19(17,18)7-5-10/h2-3,8,10,13H,4-7H2,1H3. The summed E-state index contributed by atoms with van der Waals surface area (Å²) in [5.74, 6) is 0.410. The van der Waals surface area contributed by atoms with Gasteiger partial charge in [-0.25, -0.2) is 8.42 Å². The number of nitro benzene ring substituents is 1. The van der Waals surface area contributed by atoms with Gasteiger partial charge in [0.25, 0.3) is 5.69 Å². The first-order chi connectivity index (χ1) is 8.87. The molecule has 0 aliphatic carbocycles. The number of nitrogens with zero attached hydrogens (tertiary/aromatic N) is 1. The highest BCUT2D eigenvalue weighted by Crippen LogP contribution is 2.24. The summed E-state index contributed by atoms with van der Waals surface area (Å²) >= 11 is 0. The van der Waals surface area contributed by atoms with E-state index in [9.17, 15) is 18.5 Å². The van der Waals surface area contributed by atoms with Crippen molar-refractivity contribution in [1.29, 1.82) is 0 Å². The Hall–Kier alpha value is -1.63. The number of hydrogen-bond acceptors (Lipinski definition) is 5. The van der Waals surface area contributed by atoms with Gasteiger partial charge >= 0.3 is 0 Å². The largest absolute Gasteiger partial charge is 0.382 e. The molecule has 1 aromatic carbocycles. The zero-order chi connectivity index (χ0) is 14.0. The van der Waals surface area contributed by atoms with Crippen LogP contribution in [0.1, 0.15) is 18.4 Å². The summed E-state index contributed by atoms with van der Waals surface area (Å²) in [4.78, 5) is 10.3. The second-order valence-electron chi connectivity index (χ2n) is 4.83. The van der Waals surface area contributed by atoms with Crippen LogP contribution in [0.2, 0.25) is 0 Å². The molecule has 6 nitrogen and oxygen atoms in total. The van der Waals surface area contributed by atoms with E-state index in [0.717, 1.165) is 5.69 Å². The van der Waals surface area contributed by atoms with Crippen molar-refractivity contribution >= 4 is 21.2 Å². The van der Waals surface area contributed by atoms with Gasteiger partial charge in [0.05, 0.1) is 16.4 Å². The van der Waals surface area contributed by atoms with E-state index < -0.39 is 14.8 Å². The molecule has 2 rings (SSSR count). The average molecular weight is 284 g/mol. The summed E-state index contributed by atoms with van der Waals surface area (Å²) in [7, 11) is -2.86. The molecule has 1 aliphatic heterocycles. The molecule has 0 bridgehead atoms. The molecular formula is C12H16N2O4S. The molecule has 0 amide bonds. The van der Waals surface area contributed by atoms with Crippen LogP contribution in [0.3, 0.4) is 0 Å². The van der Waals surface area contributed by atoms with Crippen molar-refractivity contribution in [1.82, 2.24) is 0 Å². The van der Waals surface area contributed by atoms with E-state index in [0.29, 0.717) is 18.4 Å². The molecule has 104 valence electrons. The lowest BCUT2D eigenvalue weighted by Crippen LogP contribution is -2.32. The summed E-state index contributed by atoms with van der Waals surface area (Å²) in [6.45, 7) is 1.69. The van der Waals surface area contributed by atoms with Gasteiger partial charge in [-0.15, -0.1) is 0 Å². The highest BCUT2D eigenvalue weighted by Gasteiger charge is 2.23. The third kappa shape index (κ3) is 3.44. The Balaban J connectivity index is 2.04. The molecule has 1 heterocycles. The van der Waals surface area contributed by atoms with Gasteiger partial charge in [-0.05, 0) is 31.9 Å². The van der Waals surface area contributed by atoms with Gasteiger partial charge in [0.15, 0.2) is 0 Å². The van der Waals surface area contributed by atoms with Crippen LogP contribution in [0.5, 0.6) is 0 Å². The van der Waals surface area contributed by atoms with Crippen molar-refractivity contribution in [2.24, 2.45) is 0 Å². The highest BCUT2D eigenvalue weighted by atomic mass is 32.2. The smallest absolute Gasteiger partial charge is 0.272 e. The van der Waals surface area contributed by atoms with Crippen molar-refractivity contribution in [3.05, 3.63) is 33.9 Å². The molecule has 1 fully saturated rings. The number of rotatable bonds is 3. The number of aryl methyl sites for hydroxylation is 1. The molecule has 0 saturated carbocycles. The van der Waals surface area contributed by atoms with Crippen LogP contribution in [0.25, 0.3) is 0 Å². The zero-order valence-corrected chi connectivity index (χ0v) is 11.4. The van der Waals surface area contributed by atoms with Crippen LogP contribution in [0.4, 0.5) is 11.4 Å². The molecule has 7 heteroatoms. The molecule has 0 radical (unpaired) electrons. The fourth-order valence-corrected chi connectivity index (χ4v) is 3.71. The van der Waals surface area contributed by atoms with Crippen molar-refractivity contribution in [3.8, 4) is 0 Å². The lowest BCUT2D eigenvalue weighted by molar-refractivity contribution is -0.385. The number of anilines is 1. The Kier molecular flexibility index (Phi) is 3.75. The number of sulfone groups is 1. The summed E-state index contributed by atoms with van der Waals surface area (Å²) in [6.07, 6.45) is 1.16. The van der Waals surface area contributed by atoms with Crippen LogP contribution >= 0.6 is 0 Å². The van der Waals surface area contributed by atoms with Crippen LogP contribution in [-0.2, 0) is 9.84 Å². The summed E-state index contributed by atoms with van der Waals surface area (Å²) in [5.41, 5.74) is 1.49. The monoisotopic (exact) mass is 284 g/mol. The van der Waals surface area contributed by atoms with E-state index >= 15 is 0 Å². The first-order valence-electron chi connectivity index (χ1n) is 6.09. The minimum atomic E-state index is -2.86. The maximum absolute atomic E-state index is 11.3. The highest BCUT2D eigenvalue weighted by molar-refractivity contribution is 7.91. The van der Waals surface area contributed by atoms with E-state index in [1.54, 1.807) is 19.1 Å². The Bertz CT molecular complexity index is 584. The molecule has 1 saturated heterocycles. The predicted molar refractivity (Wildman–Crippen MR) is 73.1 cm³/mol. The van der Waals surface area contributed by atoms with Gasteiger partial charge < -0.3 is 5.32 Å². The molecule has 0 aromatic heterocycles. The van der Waals surface area contributed by atoms with Crippen molar-refractivity contribution < 1.29 is 13.3 Å². The number of nitrogens with one attached hydrogen (secondary N) is 1. The van der Waals surface area contributed by atoms with Gasteiger partial charge in [-0.2, -0.15) is 0 Å². The number of benzene rings is 1. The lowest BCUT2D eigenvalue weighted by Gasteiger charge is -2.24. The second kappa shape index (κ2) is 5.16. The topological polar surface area (TPSA) is 89.3 Å². The number of hydrogen-bond donors (Lipinski definition) is 1. The van der Waals surface area contributed by atoms with E-state index in [1.165, 1.54) is 6.07 Å². The first kappa shape index (κ1) is 13.8. The van der Waals surface area contributed by atoms with Crippen LogP contribution < -0.4 is 5.32 Å². The van der Waals surface area contributed by atoms with Crippen molar-refractivity contribution in [3.63, 3.8) is 0 Å². The Morgan fingerprint density at radius 2 is 1.95 bits per heavy atom. The minimum absolute atomic E-state index is 0.0942. The molecule has 1 aliphatic rings. The maximum Gasteiger partial charge on any atom is 0.272 e.